The van der Waals surface area contributed by atoms with Crippen LogP contribution in [-0.4, -0.2) is 142 Å². The fourth-order valence-corrected chi connectivity index (χ4v) is 26.1. The number of aromatic nitrogens is 3. The molecule has 5 aliphatic heterocycles. The molecule has 28 heteroatoms. The Kier molecular flexibility index (Phi) is 29.0. The lowest BCUT2D eigenvalue weighted by molar-refractivity contribution is -0.124. The van der Waals surface area contributed by atoms with Gasteiger partial charge in [-0.3, -0.25) is 57.5 Å². The summed E-state index contributed by atoms with van der Waals surface area (Å²) in [5.41, 5.74) is 18.0. The summed E-state index contributed by atoms with van der Waals surface area (Å²) in [6.07, 6.45) is 23.0. The summed E-state index contributed by atoms with van der Waals surface area (Å²) in [5.74, 6) is 3.48. The van der Waals surface area contributed by atoms with E-state index in [4.69, 9.17) is 16.6 Å². The van der Waals surface area contributed by atoms with Crippen LogP contribution in [0.5, 0.6) is 0 Å². The van der Waals surface area contributed by atoms with E-state index in [0.717, 1.165) is 162 Å². The van der Waals surface area contributed by atoms with Gasteiger partial charge in [0.2, 0.25) is 0 Å². The van der Waals surface area contributed by atoms with Gasteiger partial charge in [-0.2, -0.15) is 0 Å². The highest BCUT2D eigenvalue weighted by atomic mass is 35.5. The Morgan fingerprint density at radius 1 is 0.543 bits per heavy atom. The Balaban J connectivity index is 0.000000138. The summed E-state index contributed by atoms with van der Waals surface area (Å²) in [6, 6.07) is 13.4. The predicted molar refractivity (Wildman–Crippen MR) is 510 cm³/mol. The molecule has 6 aromatic heterocycles. The Labute approximate surface area is 779 Å². The smallest absolute Gasteiger partial charge is 0.319 e. The zero-order valence-corrected chi connectivity index (χ0v) is 79.3. The number of thiophene rings is 5. The van der Waals surface area contributed by atoms with Crippen molar-refractivity contribution in [1.82, 2.24) is 45.0 Å². The summed E-state index contributed by atoms with van der Waals surface area (Å²) in [6.45, 7) is 29.5. The van der Waals surface area contributed by atoms with Crippen LogP contribution in [0.15, 0.2) is 118 Å². The molecule has 8 aromatic rings. The first kappa shape index (κ1) is 92.4. The molecule has 19 rings (SSSR count). The SMILES string of the molecule is C=C1CCC(N2Cc3c(C4CCCC4)csc3C2=O)C(=O)C1.C=C1CCC(N2Cc3c(csc3C3CCCC3)C2=O)C(=O)C1.C=C1CCC(N2Cc3sc(CNC(=O)Nc4ccc(C)c(C)c4)cc3C2=O)C(=O)C1.C=C1CCCC(N2Cc3c(csc3CCC(=O)CNCCCCCC(=O)C[C@@H]3N=C(c4ccc(Cl)cc4)c4c(sc(C)c4C)-n4c(C)nnc43)C2=O)C(=O)C1. The number of amides is 6. The maximum atomic E-state index is 13.4. The van der Waals surface area contributed by atoms with Gasteiger partial charge in [-0.25, -0.2) is 4.79 Å². The first-order chi connectivity index (χ1) is 62.1. The Morgan fingerprint density at radius 3 is 1.76 bits per heavy atom. The maximum absolute atomic E-state index is 13.4. The van der Waals surface area contributed by atoms with E-state index < -0.39 is 6.04 Å². The molecular weight excluding hydrogens is 1740 g/mol. The number of nitrogens with zero attached hydrogens (tertiary/aromatic N) is 8. The van der Waals surface area contributed by atoms with Crippen molar-refractivity contribution in [1.29, 1.82) is 0 Å². The number of Topliss-reactive ketones (excluding diaryl/α,β-unsaturated/α-hetero) is 6. The van der Waals surface area contributed by atoms with Crippen LogP contribution >= 0.6 is 68.3 Å². The van der Waals surface area contributed by atoms with E-state index in [0.29, 0.717) is 131 Å². The Bertz CT molecular complexity index is 5740. The van der Waals surface area contributed by atoms with Crippen molar-refractivity contribution < 1.29 is 52.7 Å². The molecule has 6 aliphatic carbocycles. The highest BCUT2D eigenvalue weighted by Crippen LogP contribution is 2.48. The van der Waals surface area contributed by atoms with Crippen molar-refractivity contribution in [2.24, 2.45) is 4.99 Å². The quantitative estimate of drug-likeness (QED) is 0.0305. The number of unbranched alkanes of at least 4 members (excludes halogenated alkanes) is 2. The summed E-state index contributed by atoms with van der Waals surface area (Å²) < 4.78 is 2.07. The second-order valence-electron chi connectivity index (χ2n) is 36.7. The van der Waals surface area contributed by atoms with Crippen LogP contribution in [0.3, 0.4) is 0 Å². The van der Waals surface area contributed by atoms with Gasteiger partial charge >= 0.3 is 6.03 Å². The molecule has 5 atom stereocenters. The molecule has 22 nitrogen and oxygen atoms in total. The Morgan fingerprint density at radius 2 is 1.12 bits per heavy atom. The topological polar surface area (TPSA) is 280 Å². The van der Waals surface area contributed by atoms with E-state index in [9.17, 15) is 52.7 Å². The number of anilines is 1. The standard InChI is InChI=1S/C42H47ClN6O4S2.C23H25N3O3S.2C18H21NO2S/c1-24-9-8-11-35(36(52)19-24)48-22-32-33(41(48)53)23-54-37(32)17-16-31(51)21-44-18-7-5-6-10-30(50)20-34-40-47-46-27(4)49(40)42-38(25(2)26(3)55-42)39(45-34)28-12-14-29(43)15-13-28;1-13-4-7-19(20(27)8-13)26-12-21-18(22(26)28)10-17(30-21)11-24-23(29)25-16-6-5-14(2)15(3)9-16;1-11-6-7-15(16(20)8-11)19-9-13-14(18(19)21)10-22-17(13)12-4-2-3-5-12;1-11-6-7-15(16(20)8-11)19-9-13-14(12-4-2-3-5-12)10-22-17(13)18(19)21/h12-15,23,34-35,44H,1,5-11,16-22H2,2-4H3;5-6,9-10,19H,1,4,7-8,11-12H2,2-3H3,(H2,24,25,29);2*10,12,15H,1-9H2/t34-,35?;;;/m0.../s1. The molecule has 0 radical (unpaired) electrons. The minimum atomic E-state index is -0.465. The lowest BCUT2D eigenvalue weighted by Gasteiger charge is -2.30. The van der Waals surface area contributed by atoms with Gasteiger partial charge < -0.3 is 35.6 Å². The van der Waals surface area contributed by atoms with Crippen molar-refractivity contribution in [3.8, 4) is 5.00 Å². The number of rotatable bonds is 23. The highest BCUT2D eigenvalue weighted by Gasteiger charge is 2.46. The number of halogens is 1. The monoisotopic (exact) mass is 1850 g/mol. The number of fused-ring (bicyclic) bond motifs is 7. The molecule has 6 fully saturated rings. The van der Waals surface area contributed by atoms with Crippen molar-refractivity contribution in [3.63, 3.8) is 0 Å². The average molecular weight is 1850 g/mol. The van der Waals surface area contributed by atoms with Crippen LogP contribution in [0.4, 0.5) is 10.5 Å². The van der Waals surface area contributed by atoms with Gasteiger partial charge in [0, 0.05) is 122 Å². The van der Waals surface area contributed by atoms with E-state index >= 15 is 0 Å². The van der Waals surface area contributed by atoms with Crippen LogP contribution in [0.2, 0.25) is 5.02 Å². The molecule has 129 heavy (non-hydrogen) atoms. The molecule has 6 saturated carbocycles. The van der Waals surface area contributed by atoms with E-state index in [-0.39, 0.29) is 101 Å². The van der Waals surface area contributed by atoms with Crippen molar-refractivity contribution in [2.75, 3.05) is 18.4 Å². The zero-order chi connectivity index (χ0) is 90.7. The molecule has 11 aliphatic rings. The van der Waals surface area contributed by atoms with Gasteiger partial charge in [0.05, 0.1) is 71.1 Å². The fourth-order valence-electron chi connectivity index (χ4n) is 20.3. The summed E-state index contributed by atoms with van der Waals surface area (Å²) >= 11 is 14.3. The lowest BCUT2D eigenvalue weighted by Crippen LogP contribution is -2.43. The molecule has 0 spiro atoms. The lowest BCUT2D eigenvalue weighted by atomic mass is 9.89. The Hall–Kier alpha value is -9.87. The third-order valence-corrected chi connectivity index (χ3v) is 33.5. The number of benzene rings is 2. The number of nitrogens with one attached hydrogen (secondary N) is 3. The molecule has 3 N–H and O–H groups in total. The number of urea groups is 1. The van der Waals surface area contributed by atoms with E-state index in [1.165, 1.54) is 106 Å². The number of allylic oxidation sites excluding steroid dienone is 4. The molecule has 2 aromatic carbocycles. The molecule has 0 bridgehead atoms. The van der Waals surface area contributed by atoms with Crippen LogP contribution in [0, 0.1) is 34.6 Å². The van der Waals surface area contributed by atoms with Crippen LogP contribution in [0.1, 0.15) is 318 Å². The predicted octanol–water partition coefficient (Wildman–Crippen LogP) is 20.6. The molecule has 4 unspecified atom stereocenters. The first-order valence-corrected chi connectivity index (χ1v) is 50.4. The van der Waals surface area contributed by atoms with Crippen molar-refractivity contribution >= 4 is 144 Å². The van der Waals surface area contributed by atoms with E-state index in [1.54, 1.807) is 43.8 Å². The van der Waals surface area contributed by atoms with Crippen LogP contribution < -0.4 is 16.0 Å². The molecule has 0 saturated heterocycles. The normalized spacial score (nSPS) is 20.9. The minimum absolute atomic E-state index is 0.0684. The number of hydrogen-bond donors (Lipinski definition) is 3. The number of aryl methyl sites for hydroxylation is 5. The van der Waals surface area contributed by atoms with Gasteiger partial charge in [-0.1, -0.05) is 111 Å². The van der Waals surface area contributed by atoms with E-state index in [2.05, 4.69) is 76.3 Å². The first-order valence-electron chi connectivity index (χ1n) is 45.8. The largest absolute Gasteiger partial charge is 0.333 e. The number of carbonyl (C=O) groups excluding carboxylic acids is 11. The van der Waals surface area contributed by atoms with E-state index in [1.807, 2.05) is 89.9 Å². The van der Waals surface area contributed by atoms with Gasteiger partial charge in [0.25, 0.3) is 23.6 Å². The molecule has 11 heterocycles. The second-order valence-corrected chi connectivity index (χ2v) is 42.3. The zero-order valence-electron chi connectivity index (χ0n) is 74.5. The minimum Gasteiger partial charge on any atom is -0.333 e. The molecular formula is C101H114ClN11O11S5. The third kappa shape index (κ3) is 20.3. The van der Waals surface area contributed by atoms with Crippen molar-refractivity contribution in [3.05, 3.63) is 226 Å². The molecule has 6 amide bonds. The van der Waals surface area contributed by atoms with Crippen molar-refractivity contribution in [2.45, 2.75) is 289 Å². The van der Waals surface area contributed by atoms with Crippen LogP contribution in [-0.2, 0) is 67.9 Å². The third-order valence-electron chi connectivity index (χ3n) is 27.7. The van der Waals surface area contributed by atoms with Gasteiger partial charge in [0.15, 0.2) is 29.0 Å². The number of hydrogen-bond acceptors (Lipinski definition) is 20. The highest BCUT2D eigenvalue weighted by molar-refractivity contribution is 7.15. The summed E-state index contributed by atoms with van der Waals surface area (Å²) in [5, 5.41) is 25.6. The second kappa shape index (κ2) is 40.5. The molecule has 676 valence electrons. The number of aliphatic imine (C=N–C) groups is 1. The van der Waals surface area contributed by atoms with Gasteiger partial charge in [-0.05, 0) is 230 Å². The maximum Gasteiger partial charge on any atom is 0.319 e. The fraction of sp³-hybridized carbons (Fsp3) is 0.465. The number of ketones is 6. The van der Waals surface area contributed by atoms with Gasteiger partial charge in [-0.15, -0.1) is 66.9 Å². The number of carbonyl (C=O) groups is 11. The summed E-state index contributed by atoms with van der Waals surface area (Å²) in [4.78, 5) is 158. The van der Waals surface area contributed by atoms with Gasteiger partial charge in [0.1, 0.15) is 28.4 Å². The average Bonchev–Trinajstić information content (AvgIpc) is 1.59. The van der Waals surface area contributed by atoms with Crippen LogP contribution in [0.25, 0.3) is 5.00 Å². The summed E-state index contributed by atoms with van der Waals surface area (Å²) in [7, 11) is 0.